The lowest BCUT2D eigenvalue weighted by atomic mass is 9.99. The standard InChI is InChI=1S/C26H29ClN4O6S2/c1-26(2,3)37-25(34)31-12-10-16(11-13-31)15-39(35,36)17-8-9-20-21(14-17)38-24(28-20)30-23(33)29-22(32)18-6-4-5-7-19(18)27/h4-9,14,16H,10-13,15H2,1-3H3,(H2,28,29,30,32,33). The maximum atomic E-state index is 13.2. The minimum Gasteiger partial charge on any atom is -0.444 e. The predicted octanol–water partition coefficient (Wildman–Crippen LogP) is 5.33. The van der Waals surface area contributed by atoms with Crippen molar-refractivity contribution in [2.24, 2.45) is 5.92 Å². The highest BCUT2D eigenvalue weighted by Gasteiger charge is 2.30. The first kappa shape index (κ1) is 28.8. The molecule has 0 radical (unpaired) electrons. The first-order valence-corrected chi connectivity index (χ1v) is 15.1. The smallest absolute Gasteiger partial charge is 0.410 e. The fourth-order valence-corrected chi connectivity index (χ4v) is 7.03. The van der Waals surface area contributed by atoms with Crippen LogP contribution in [0.1, 0.15) is 44.0 Å². The molecular formula is C26H29ClN4O6S2. The molecule has 2 N–H and O–H groups in total. The number of likely N-dealkylation sites (tertiary alicyclic amines) is 1. The minimum absolute atomic E-state index is 0.0306. The number of rotatable bonds is 5. The number of anilines is 1. The number of ether oxygens (including phenoxy) is 1. The molecule has 10 nitrogen and oxygen atoms in total. The summed E-state index contributed by atoms with van der Waals surface area (Å²) < 4.78 is 32.3. The molecule has 0 spiro atoms. The lowest BCUT2D eigenvalue weighted by Crippen LogP contribution is -2.42. The molecule has 0 saturated carbocycles. The number of nitrogens with one attached hydrogen (secondary N) is 2. The Morgan fingerprint density at radius 1 is 1.13 bits per heavy atom. The number of carbonyl (C=O) groups is 3. The molecule has 39 heavy (non-hydrogen) atoms. The van der Waals surface area contributed by atoms with Crippen LogP contribution in [0.4, 0.5) is 14.7 Å². The van der Waals surface area contributed by atoms with E-state index < -0.39 is 27.4 Å². The molecule has 0 unspecified atom stereocenters. The van der Waals surface area contributed by atoms with Gasteiger partial charge in [0.1, 0.15) is 5.60 Å². The number of aromatic nitrogens is 1. The van der Waals surface area contributed by atoms with E-state index in [1.807, 2.05) is 0 Å². The molecule has 1 saturated heterocycles. The lowest BCUT2D eigenvalue weighted by molar-refractivity contribution is 0.0191. The summed E-state index contributed by atoms with van der Waals surface area (Å²) in [5.74, 6) is -0.774. The molecule has 2 heterocycles. The summed E-state index contributed by atoms with van der Waals surface area (Å²) in [6, 6.07) is 10.2. The van der Waals surface area contributed by atoms with Gasteiger partial charge in [0.25, 0.3) is 5.91 Å². The Balaban J connectivity index is 1.36. The van der Waals surface area contributed by atoms with Crippen LogP contribution in [0.2, 0.25) is 5.02 Å². The highest BCUT2D eigenvalue weighted by atomic mass is 35.5. The van der Waals surface area contributed by atoms with Crippen molar-refractivity contribution in [3.05, 3.63) is 53.1 Å². The van der Waals surface area contributed by atoms with E-state index in [4.69, 9.17) is 16.3 Å². The Hall–Kier alpha value is -3.22. The van der Waals surface area contributed by atoms with E-state index in [0.29, 0.717) is 36.1 Å². The molecule has 0 bridgehead atoms. The number of halogens is 1. The summed E-state index contributed by atoms with van der Waals surface area (Å²) in [5.41, 5.74) is 0.0842. The quantitative estimate of drug-likeness (QED) is 0.409. The number of urea groups is 1. The van der Waals surface area contributed by atoms with Crippen LogP contribution in [-0.2, 0) is 14.6 Å². The average Bonchev–Trinajstić information content (AvgIpc) is 3.24. The number of nitrogens with zero attached hydrogens (tertiary/aromatic N) is 2. The molecule has 3 aromatic rings. The van der Waals surface area contributed by atoms with Gasteiger partial charge in [0, 0.05) is 13.1 Å². The number of amides is 4. The third-order valence-electron chi connectivity index (χ3n) is 6.01. The zero-order valence-corrected chi connectivity index (χ0v) is 24.1. The van der Waals surface area contributed by atoms with Crippen LogP contribution in [0.15, 0.2) is 47.4 Å². The van der Waals surface area contributed by atoms with Crippen LogP contribution >= 0.6 is 22.9 Å². The summed E-state index contributed by atoms with van der Waals surface area (Å²) in [5, 5.41) is 5.12. The fourth-order valence-electron chi connectivity index (χ4n) is 4.11. The van der Waals surface area contributed by atoms with Crippen molar-refractivity contribution in [3.63, 3.8) is 0 Å². The zero-order chi connectivity index (χ0) is 28.4. The zero-order valence-electron chi connectivity index (χ0n) is 21.7. The number of piperidine rings is 1. The van der Waals surface area contributed by atoms with E-state index >= 15 is 0 Å². The van der Waals surface area contributed by atoms with Gasteiger partial charge < -0.3 is 9.64 Å². The van der Waals surface area contributed by atoms with E-state index in [9.17, 15) is 22.8 Å². The lowest BCUT2D eigenvalue weighted by Gasteiger charge is -2.33. The van der Waals surface area contributed by atoms with Gasteiger partial charge in [0.05, 0.1) is 31.5 Å². The van der Waals surface area contributed by atoms with Gasteiger partial charge in [-0.2, -0.15) is 0 Å². The molecule has 13 heteroatoms. The summed E-state index contributed by atoms with van der Waals surface area (Å²) in [6.07, 6.45) is 0.750. The first-order valence-electron chi connectivity index (χ1n) is 12.3. The molecule has 208 valence electrons. The van der Waals surface area contributed by atoms with Gasteiger partial charge in [-0.25, -0.2) is 23.0 Å². The van der Waals surface area contributed by atoms with Crippen LogP contribution in [0.25, 0.3) is 10.2 Å². The Morgan fingerprint density at radius 2 is 1.82 bits per heavy atom. The molecule has 4 rings (SSSR count). The van der Waals surface area contributed by atoms with Crippen LogP contribution in [0, 0.1) is 5.92 Å². The number of fused-ring (bicyclic) bond motifs is 1. The predicted molar refractivity (Wildman–Crippen MR) is 150 cm³/mol. The normalized spacial score (nSPS) is 14.7. The maximum Gasteiger partial charge on any atom is 0.410 e. The van der Waals surface area contributed by atoms with E-state index in [0.717, 1.165) is 11.3 Å². The largest absolute Gasteiger partial charge is 0.444 e. The molecule has 1 fully saturated rings. The molecule has 1 aromatic heterocycles. The summed E-state index contributed by atoms with van der Waals surface area (Å²) >= 11 is 7.09. The van der Waals surface area contributed by atoms with Gasteiger partial charge in [-0.1, -0.05) is 35.1 Å². The number of thiazole rings is 1. The van der Waals surface area contributed by atoms with Crippen LogP contribution < -0.4 is 10.6 Å². The van der Waals surface area contributed by atoms with E-state index in [-0.39, 0.29) is 38.4 Å². The summed E-state index contributed by atoms with van der Waals surface area (Å²) in [6.45, 7) is 6.31. The minimum atomic E-state index is -3.59. The van der Waals surface area contributed by atoms with Gasteiger partial charge in [0.15, 0.2) is 15.0 Å². The number of sulfone groups is 1. The van der Waals surface area contributed by atoms with Gasteiger partial charge >= 0.3 is 12.1 Å². The number of hydrogen-bond acceptors (Lipinski definition) is 8. The van der Waals surface area contributed by atoms with Gasteiger partial charge in [-0.3, -0.25) is 15.4 Å². The van der Waals surface area contributed by atoms with Crippen molar-refractivity contribution < 1.29 is 27.5 Å². The molecule has 1 aliphatic rings. The van der Waals surface area contributed by atoms with Crippen LogP contribution in [0.5, 0.6) is 0 Å². The molecular weight excluding hydrogens is 564 g/mol. The highest BCUT2D eigenvalue weighted by molar-refractivity contribution is 7.91. The van der Waals surface area contributed by atoms with Crippen molar-refractivity contribution >= 4 is 66.2 Å². The monoisotopic (exact) mass is 592 g/mol. The third kappa shape index (κ3) is 7.46. The number of carbonyl (C=O) groups excluding carboxylic acids is 3. The van der Waals surface area contributed by atoms with Crippen LogP contribution in [0.3, 0.4) is 0 Å². The van der Waals surface area contributed by atoms with Crippen molar-refractivity contribution in [3.8, 4) is 0 Å². The highest BCUT2D eigenvalue weighted by Crippen LogP contribution is 2.30. The summed E-state index contributed by atoms with van der Waals surface area (Å²) in [7, 11) is -3.59. The molecule has 4 amide bonds. The van der Waals surface area contributed by atoms with Gasteiger partial charge in [-0.15, -0.1) is 0 Å². The topological polar surface area (TPSA) is 135 Å². The molecule has 2 aromatic carbocycles. The molecule has 0 aliphatic carbocycles. The molecule has 0 atom stereocenters. The van der Waals surface area contributed by atoms with E-state index in [1.165, 1.54) is 18.2 Å². The maximum absolute atomic E-state index is 13.2. The summed E-state index contributed by atoms with van der Waals surface area (Å²) in [4.78, 5) is 43.0. The number of imide groups is 1. The number of hydrogen-bond donors (Lipinski definition) is 2. The van der Waals surface area contributed by atoms with Crippen molar-refractivity contribution in [1.29, 1.82) is 0 Å². The molecule has 1 aliphatic heterocycles. The van der Waals surface area contributed by atoms with Crippen molar-refractivity contribution in [2.45, 2.75) is 44.1 Å². The Bertz CT molecular complexity index is 1510. The first-order chi connectivity index (χ1) is 18.3. The van der Waals surface area contributed by atoms with Gasteiger partial charge in [-0.05, 0) is 69.9 Å². The van der Waals surface area contributed by atoms with E-state index in [1.54, 1.807) is 49.9 Å². The third-order valence-corrected chi connectivity index (χ3v) is 9.15. The Labute approximate surface area is 235 Å². The second-order valence-corrected chi connectivity index (χ2v) is 13.7. The Morgan fingerprint density at radius 3 is 2.49 bits per heavy atom. The van der Waals surface area contributed by atoms with Gasteiger partial charge in [0.2, 0.25) is 0 Å². The second kappa shape index (κ2) is 11.5. The fraction of sp³-hybridized carbons (Fsp3) is 0.385. The average molecular weight is 593 g/mol. The second-order valence-electron chi connectivity index (χ2n) is 10.2. The Kier molecular flexibility index (Phi) is 8.48. The van der Waals surface area contributed by atoms with Crippen LogP contribution in [-0.4, -0.2) is 60.8 Å². The van der Waals surface area contributed by atoms with Crippen molar-refractivity contribution in [2.75, 3.05) is 24.2 Å². The van der Waals surface area contributed by atoms with E-state index in [2.05, 4.69) is 15.6 Å². The SMILES string of the molecule is CC(C)(C)OC(=O)N1CCC(CS(=O)(=O)c2ccc3nc(NC(=O)NC(=O)c4ccccc4Cl)sc3c2)CC1. The van der Waals surface area contributed by atoms with Crippen molar-refractivity contribution in [1.82, 2.24) is 15.2 Å². The number of benzene rings is 2.